The lowest BCUT2D eigenvalue weighted by molar-refractivity contribution is -0.870. The van der Waals surface area contributed by atoms with Gasteiger partial charge in [0, 0.05) is 13.0 Å². The van der Waals surface area contributed by atoms with Gasteiger partial charge in [-0.3, -0.25) is 4.79 Å². The Labute approximate surface area is 125 Å². The van der Waals surface area contributed by atoms with Gasteiger partial charge in [-0.05, 0) is 27.2 Å². The zero-order valence-corrected chi connectivity index (χ0v) is 14.1. The molecule has 112 valence electrons. The highest BCUT2D eigenvalue weighted by Crippen LogP contribution is 1.91. The summed E-state index contributed by atoms with van der Waals surface area (Å²) in [7, 11) is 12.4. The third kappa shape index (κ3) is 36.1. The van der Waals surface area contributed by atoms with Gasteiger partial charge in [0.15, 0.2) is 0 Å². The molecule has 0 aromatic carbocycles. The van der Waals surface area contributed by atoms with Gasteiger partial charge in [-0.1, -0.05) is 6.58 Å². The molecule has 0 atom stereocenters. The molecule has 1 amide bonds. The summed E-state index contributed by atoms with van der Waals surface area (Å²) in [4.78, 5) is 12.7. The van der Waals surface area contributed by atoms with Crippen molar-refractivity contribution < 1.29 is 21.7 Å². The molecule has 0 aromatic rings. The van der Waals surface area contributed by atoms with Crippen LogP contribution in [0.5, 0.6) is 0 Å². The molecule has 0 aliphatic rings. The fourth-order valence-corrected chi connectivity index (χ4v) is 0.837. The van der Waals surface area contributed by atoms with Crippen molar-refractivity contribution in [2.45, 2.75) is 6.42 Å². The van der Waals surface area contributed by atoms with Crippen LogP contribution >= 0.6 is 12.4 Å². The molecular formula is C12H29Cl2N3O. The smallest absolute Gasteiger partial charge is 0.243 e. The Morgan fingerprint density at radius 1 is 1.28 bits per heavy atom. The van der Waals surface area contributed by atoms with Crippen LogP contribution in [0.1, 0.15) is 6.42 Å². The number of nitrogens with zero attached hydrogens (tertiary/aromatic N) is 2. The van der Waals surface area contributed by atoms with Crippen LogP contribution in [-0.2, 0) is 4.79 Å². The number of quaternary nitrogens is 1. The zero-order chi connectivity index (χ0) is 13.2. The lowest BCUT2D eigenvalue weighted by Crippen LogP contribution is -3.00. The first-order valence-electron chi connectivity index (χ1n) is 5.50. The van der Waals surface area contributed by atoms with Crippen LogP contribution < -0.4 is 17.7 Å². The van der Waals surface area contributed by atoms with Crippen molar-refractivity contribution in [3.8, 4) is 0 Å². The number of carbonyl (C=O) groups excluding carboxylic acids is 1. The summed E-state index contributed by atoms with van der Waals surface area (Å²) in [5.74, 6) is -0.0867. The summed E-state index contributed by atoms with van der Waals surface area (Å²) < 4.78 is 0.934. The molecule has 0 rings (SSSR count). The van der Waals surface area contributed by atoms with Crippen molar-refractivity contribution in [3.05, 3.63) is 12.7 Å². The van der Waals surface area contributed by atoms with E-state index >= 15 is 0 Å². The largest absolute Gasteiger partial charge is 1.00 e. The highest BCUT2D eigenvalue weighted by molar-refractivity contribution is 5.86. The lowest BCUT2D eigenvalue weighted by Gasteiger charge is -2.23. The second-order valence-corrected chi connectivity index (χ2v) is 5.20. The molecule has 0 spiro atoms. The normalized spacial score (nSPS) is 9.28. The fourth-order valence-electron chi connectivity index (χ4n) is 0.837. The summed E-state index contributed by atoms with van der Waals surface area (Å²) >= 11 is 0. The minimum atomic E-state index is -0.0867. The molecule has 0 bridgehead atoms. The molecule has 0 fully saturated rings. The Kier molecular flexibility index (Phi) is 21.6. The predicted octanol–water partition coefficient (Wildman–Crippen LogP) is -2.01. The van der Waals surface area contributed by atoms with E-state index < -0.39 is 0 Å². The summed E-state index contributed by atoms with van der Waals surface area (Å²) in [6.07, 6.45) is 2.30. The molecule has 18 heavy (non-hydrogen) atoms. The van der Waals surface area contributed by atoms with Crippen LogP contribution in [0.15, 0.2) is 12.7 Å². The van der Waals surface area contributed by atoms with Crippen LogP contribution in [0.4, 0.5) is 0 Å². The monoisotopic (exact) mass is 301 g/mol. The maximum absolute atomic E-state index is 10.7. The molecule has 0 saturated heterocycles. The average Bonchev–Trinajstić information content (AvgIpc) is 2.09. The molecule has 0 aliphatic heterocycles. The van der Waals surface area contributed by atoms with Crippen molar-refractivity contribution in [2.24, 2.45) is 0 Å². The molecule has 0 aromatic heterocycles. The van der Waals surface area contributed by atoms with E-state index in [9.17, 15) is 4.79 Å². The Bertz CT molecular complexity index is 201. The first-order chi connectivity index (χ1) is 7.19. The van der Waals surface area contributed by atoms with Gasteiger partial charge < -0.3 is 27.1 Å². The third-order valence-electron chi connectivity index (χ3n) is 1.49. The lowest BCUT2D eigenvalue weighted by atomic mass is 10.3. The van der Waals surface area contributed by atoms with Gasteiger partial charge in [0.2, 0.25) is 5.91 Å². The Hall–Kier alpha value is -0.290. The van der Waals surface area contributed by atoms with Gasteiger partial charge in [0.05, 0.1) is 27.7 Å². The summed E-state index contributed by atoms with van der Waals surface area (Å²) in [5.41, 5.74) is 0. The average molecular weight is 302 g/mol. The van der Waals surface area contributed by atoms with Crippen LogP contribution in [0.2, 0.25) is 0 Å². The van der Waals surface area contributed by atoms with Gasteiger partial charge in [-0.25, -0.2) is 0 Å². The van der Waals surface area contributed by atoms with Crippen LogP contribution in [0.25, 0.3) is 0 Å². The van der Waals surface area contributed by atoms with E-state index in [2.05, 4.69) is 33.0 Å². The first kappa shape index (κ1) is 26.3. The van der Waals surface area contributed by atoms with Gasteiger partial charge in [-0.15, -0.1) is 12.4 Å². The maximum atomic E-state index is 10.7. The number of hydrogen-bond acceptors (Lipinski definition) is 2. The van der Waals surface area contributed by atoms with Crippen LogP contribution in [-0.4, -0.2) is 70.7 Å². The number of carbonyl (C=O) groups is 1. The fraction of sp³-hybridized carbons (Fsp3) is 0.750. The highest BCUT2D eigenvalue weighted by atomic mass is 35.5. The van der Waals surface area contributed by atoms with E-state index in [1.807, 2.05) is 26.0 Å². The van der Waals surface area contributed by atoms with Gasteiger partial charge in [0.1, 0.15) is 0 Å². The minimum absolute atomic E-state index is 0. The minimum Gasteiger partial charge on any atom is -1.00 e. The number of nitrogens with one attached hydrogen (secondary N) is 1. The van der Waals surface area contributed by atoms with Crippen LogP contribution in [0.3, 0.4) is 0 Å². The second-order valence-electron chi connectivity index (χ2n) is 5.20. The van der Waals surface area contributed by atoms with E-state index in [0.29, 0.717) is 0 Å². The Morgan fingerprint density at radius 2 is 1.67 bits per heavy atom. The topological polar surface area (TPSA) is 32.3 Å². The number of amides is 1. The molecule has 0 heterocycles. The summed E-state index contributed by atoms with van der Waals surface area (Å²) in [5, 5.41) is 2.74. The second kappa shape index (κ2) is 14.8. The number of halogens is 2. The quantitative estimate of drug-likeness (QED) is 0.362. The van der Waals surface area contributed by atoms with Crippen molar-refractivity contribution in [1.82, 2.24) is 10.2 Å². The molecule has 0 radical (unpaired) electrons. The summed E-state index contributed by atoms with van der Waals surface area (Å²) in [6, 6.07) is 0. The molecule has 0 saturated carbocycles. The number of rotatable bonds is 5. The molecular weight excluding hydrogens is 273 g/mol. The van der Waals surface area contributed by atoms with Gasteiger partial charge in [-0.2, -0.15) is 0 Å². The maximum Gasteiger partial charge on any atom is 0.243 e. The Balaban J connectivity index is -0.000000143. The first-order valence-corrected chi connectivity index (χ1v) is 5.50. The van der Waals surface area contributed by atoms with E-state index in [1.165, 1.54) is 6.08 Å². The molecule has 4 nitrogen and oxygen atoms in total. The zero-order valence-electron chi connectivity index (χ0n) is 12.5. The summed E-state index contributed by atoms with van der Waals surface area (Å²) in [6.45, 7) is 5.18. The van der Waals surface area contributed by atoms with Crippen molar-refractivity contribution >= 4 is 18.3 Å². The van der Waals surface area contributed by atoms with Gasteiger partial charge >= 0.3 is 0 Å². The highest BCUT2D eigenvalue weighted by Gasteiger charge is 2.05. The molecule has 0 unspecified atom stereocenters. The van der Waals surface area contributed by atoms with Gasteiger partial charge in [0.25, 0.3) is 0 Å². The molecule has 6 heteroatoms. The Morgan fingerprint density at radius 3 is 1.94 bits per heavy atom. The van der Waals surface area contributed by atoms with Crippen molar-refractivity contribution in [1.29, 1.82) is 0 Å². The SMILES string of the molecule is C=CC(=O)NCCC[N+](C)(C)C.CN(C)C.Cl.[Cl-]. The van der Waals surface area contributed by atoms with Crippen molar-refractivity contribution in [2.75, 3.05) is 55.4 Å². The van der Waals surface area contributed by atoms with Crippen molar-refractivity contribution in [3.63, 3.8) is 0 Å². The predicted molar refractivity (Wildman–Crippen MR) is 77.6 cm³/mol. The van der Waals surface area contributed by atoms with E-state index in [1.54, 1.807) is 0 Å². The van der Waals surface area contributed by atoms with Crippen LogP contribution in [0, 0.1) is 0 Å². The third-order valence-corrected chi connectivity index (χ3v) is 1.49. The molecule has 1 N–H and O–H groups in total. The molecule has 0 aliphatic carbocycles. The van der Waals surface area contributed by atoms with E-state index in [-0.39, 0.29) is 30.7 Å². The van der Waals surface area contributed by atoms with E-state index in [0.717, 1.165) is 24.0 Å². The van der Waals surface area contributed by atoms with E-state index in [4.69, 9.17) is 0 Å². The number of hydrogen-bond donors (Lipinski definition) is 1. The standard InChI is InChI=1S/C9H18N2O.C3H9N.2ClH/c1-5-9(12)10-7-6-8-11(2,3)4;1-4(2)3;;/h5H,1,6-8H2,2-4H3;1-3H3;2*1H.